The van der Waals surface area contributed by atoms with Crippen LogP contribution in [0.1, 0.15) is 29.9 Å². The lowest BCUT2D eigenvalue weighted by atomic mass is 10.0. The number of nitrogens with zero attached hydrogens (tertiary/aromatic N) is 2. The molecule has 162 valence electrons. The fourth-order valence-electron chi connectivity index (χ4n) is 4.15. The van der Waals surface area contributed by atoms with Gasteiger partial charge in [0.15, 0.2) is 0 Å². The lowest BCUT2D eigenvalue weighted by Crippen LogP contribution is -2.48. The number of hydrogen-bond donors (Lipinski definition) is 2. The summed E-state index contributed by atoms with van der Waals surface area (Å²) in [5, 5.41) is 15.6. The number of rotatable bonds is 5. The zero-order valence-electron chi connectivity index (χ0n) is 17.3. The molecule has 0 bridgehead atoms. The maximum atomic E-state index is 11.6. The van der Waals surface area contributed by atoms with Crippen LogP contribution in [-0.2, 0) is 17.8 Å². The average Bonchev–Trinajstić information content (AvgIpc) is 3.40. The van der Waals surface area contributed by atoms with E-state index in [2.05, 4.69) is 15.2 Å². The highest BCUT2D eigenvalue weighted by atomic mass is 32.1. The van der Waals surface area contributed by atoms with Gasteiger partial charge in [-0.15, -0.1) is 11.3 Å². The van der Waals surface area contributed by atoms with E-state index in [1.807, 2.05) is 42.6 Å². The molecule has 1 saturated heterocycles. The van der Waals surface area contributed by atoms with Gasteiger partial charge in [-0.2, -0.15) is 0 Å². The zero-order chi connectivity index (χ0) is 21.4. The Labute approximate surface area is 184 Å². The molecule has 1 aromatic carbocycles. The van der Waals surface area contributed by atoms with E-state index in [9.17, 15) is 9.90 Å². The second-order valence-corrected chi connectivity index (χ2v) is 9.06. The number of likely N-dealkylation sites (tertiary alicyclic amines) is 1. The molecule has 5 rings (SSSR count). The summed E-state index contributed by atoms with van der Waals surface area (Å²) in [4.78, 5) is 19.5. The average molecular weight is 440 g/mol. The van der Waals surface area contributed by atoms with Crippen molar-refractivity contribution in [3.63, 3.8) is 0 Å². The third kappa shape index (κ3) is 4.37. The molecule has 0 spiro atoms. The largest absolute Gasteiger partial charge is 0.488 e. The number of aliphatic hydroxyl groups excluding tert-OH is 1. The van der Waals surface area contributed by atoms with Crippen LogP contribution < -0.4 is 10.1 Å². The molecule has 2 aliphatic heterocycles. The Morgan fingerprint density at radius 2 is 2.26 bits per heavy atom. The fourth-order valence-corrected chi connectivity index (χ4v) is 4.80. The van der Waals surface area contributed by atoms with Gasteiger partial charge in [0.05, 0.1) is 10.6 Å². The van der Waals surface area contributed by atoms with E-state index in [0.717, 1.165) is 40.5 Å². The molecular formula is C23H25N3O4S. The molecule has 2 atom stereocenters. The van der Waals surface area contributed by atoms with Gasteiger partial charge in [-0.1, -0.05) is 12.1 Å². The number of hydrogen-bond acceptors (Lipinski definition) is 7. The summed E-state index contributed by atoms with van der Waals surface area (Å²) in [5.41, 5.74) is 2.83. The van der Waals surface area contributed by atoms with E-state index in [1.165, 1.54) is 0 Å². The summed E-state index contributed by atoms with van der Waals surface area (Å²) in [5.74, 6) is 2.17. The zero-order valence-corrected chi connectivity index (χ0v) is 18.2. The molecule has 2 aliphatic rings. The predicted molar refractivity (Wildman–Crippen MR) is 118 cm³/mol. The second kappa shape index (κ2) is 8.45. The SMILES string of the molecule is Cc1oc(-c2cccs2)nc1CN1CC[C@@H](Oc2ccc3c(c2)NC(=O)CC3)[C@H](O)C1. The summed E-state index contributed by atoms with van der Waals surface area (Å²) in [6, 6.07) is 9.75. The summed E-state index contributed by atoms with van der Waals surface area (Å²) in [6.45, 7) is 3.87. The van der Waals surface area contributed by atoms with E-state index in [4.69, 9.17) is 9.15 Å². The number of aromatic nitrogens is 1. The van der Waals surface area contributed by atoms with Gasteiger partial charge >= 0.3 is 0 Å². The monoisotopic (exact) mass is 439 g/mol. The van der Waals surface area contributed by atoms with Gasteiger partial charge in [0.1, 0.15) is 23.7 Å². The topological polar surface area (TPSA) is 87.8 Å². The van der Waals surface area contributed by atoms with Crippen LogP contribution in [0.4, 0.5) is 5.69 Å². The van der Waals surface area contributed by atoms with E-state index in [0.29, 0.717) is 37.6 Å². The molecule has 2 aromatic heterocycles. The molecule has 2 N–H and O–H groups in total. The molecule has 3 aromatic rings. The Hall–Kier alpha value is -2.68. The first-order valence-electron chi connectivity index (χ1n) is 10.5. The second-order valence-electron chi connectivity index (χ2n) is 8.11. The highest BCUT2D eigenvalue weighted by Crippen LogP contribution is 2.30. The maximum Gasteiger partial charge on any atom is 0.236 e. The summed E-state index contributed by atoms with van der Waals surface area (Å²) < 4.78 is 11.9. The van der Waals surface area contributed by atoms with Gasteiger partial charge in [0.2, 0.25) is 11.8 Å². The van der Waals surface area contributed by atoms with E-state index in [-0.39, 0.29) is 12.0 Å². The highest BCUT2D eigenvalue weighted by molar-refractivity contribution is 7.13. The van der Waals surface area contributed by atoms with Crippen LogP contribution in [-0.4, -0.2) is 46.2 Å². The number of fused-ring (bicyclic) bond motifs is 1. The molecule has 0 saturated carbocycles. The first kappa shape index (κ1) is 20.2. The molecule has 1 amide bonds. The van der Waals surface area contributed by atoms with Crippen molar-refractivity contribution in [3.05, 3.63) is 52.7 Å². The van der Waals surface area contributed by atoms with Crippen molar-refractivity contribution in [2.24, 2.45) is 0 Å². The lowest BCUT2D eigenvalue weighted by Gasteiger charge is -2.35. The number of amides is 1. The minimum Gasteiger partial charge on any atom is -0.488 e. The molecular weight excluding hydrogens is 414 g/mol. The van der Waals surface area contributed by atoms with Crippen molar-refractivity contribution in [1.82, 2.24) is 9.88 Å². The van der Waals surface area contributed by atoms with Crippen LogP contribution >= 0.6 is 11.3 Å². The number of carbonyl (C=O) groups is 1. The fraction of sp³-hybridized carbons (Fsp3) is 0.391. The van der Waals surface area contributed by atoms with Crippen molar-refractivity contribution in [2.45, 2.75) is 44.9 Å². The number of oxazole rings is 1. The number of aliphatic hydroxyl groups is 1. The molecule has 7 nitrogen and oxygen atoms in total. The summed E-state index contributed by atoms with van der Waals surface area (Å²) >= 11 is 1.60. The number of β-amino-alcohol motifs (C(OH)–C–C–N with tert-alkyl or cyclic N) is 1. The van der Waals surface area contributed by atoms with Crippen molar-refractivity contribution in [1.29, 1.82) is 0 Å². The standard InChI is InChI=1S/C23H25N3O4S/c1-14-18(25-23(29-14)21-3-2-10-31-21)12-26-9-8-20(19(27)13-26)30-16-6-4-15-5-7-22(28)24-17(15)11-16/h2-4,6,10-11,19-20,27H,5,7-9,12-13H2,1H3,(H,24,28)/t19-,20-/m1/s1. The van der Waals surface area contributed by atoms with Gasteiger partial charge in [-0.25, -0.2) is 4.98 Å². The smallest absolute Gasteiger partial charge is 0.236 e. The Kier molecular flexibility index (Phi) is 5.52. The van der Waals surface area contributed by atoms with Crippen molar-refractivity contribution < 1.29 is 19.1 Å². The number of aryl methyl sites for hydroxylation is 2. The van der Waals surface area contributed by atoms with Gasteiger partial charge in [0, 0.05) is 37.8 Å². The summed E-state index contributed by atoms with van der Waals surface area (Å²) in [7, 11) is 0. The highest BCUT2D eigenvalue weighted by Gasteiger charge is 2.30. The van der Waals surface area contributed by atoms with Gasteiger partial charge in [-0.05, 0) is 42.8 Å². The van der Waals surface area contributed by atoms with Gasteiger partial charge in [0.25, 0.3) is 0 Å². The minimum atomic E-state index is -0.608. The lowest BCUT2D eigenvalue weighted by molar-refractivity contribution is -0.116. The van der Waals surface area contributed by atoms with Crippen LogP contribution in [0.15, 0.2) is 40.1 Å². The molecule has 4 heterocycles. The number of nitrogens with one attached hydrogen (secondary N) is 1. The van der Waals surface area contributed by atoms with Crippen LogP contribution in [0.5, 0.6) is 5.75 Å². The van der Waals surface area contributed by atoms with Crippen LogP contribution in [0, 0.1) is 6.92 Å². The Morgan fingerprint density at radius 3 is 3.06 bits per heavy atom. The molecule has 0 unspecified atom stereocenters. The number of thiophene rings is 1. The van der Waals surface area contributed by atoms with E-state index < -0.39 is 6.10 Å². The minimum absolute atomic E-state index is 0.0309. The quantitative estimate of drug-likeness (QED) is 0.632. The molecule has 0 radical (unpaired) electrons. The van der Waals surface area contributed by atoms with Gasteiger partial charge < -0.3 is 19.6 Å². The molecule has 0 aliphatic carbocycles. The predicted octanol–water partition coefficient (Wildman–Crippen LogP) is 3.61. The first-order valence-corrected chi connectivity index (χ1v) is 11.4. The van der Waals surface area contributed by atoms with Crippen molar-refractivity contribution in [3.8, 4) is 16.5 Å². The van der Waals surface area contributed by atoms with Crippen molar-refractivity contribution >= 4 is 22.9 Å². The van der Waals surface area contributed by atoms with Gasteiger partial charge in [-0.3, -0.25) is 9.69 Å². The number of benzene rings is 1. The van der Waals surface area contributed by atoms with Crippen molar-refractivity contribution in [2.75, 3.05) is 18.4 Å². The van der Waals surface area contributed by atoms with Crippen LogP contribution in [0.2, 0.25) is 0 Å². The van der Waals surface area contributed by atoms with Crippen LogP contribution in [0.25, 0.3) is 10.8 Å². The Bertz CT molecular complexity index is 1080. The Balaban J connectivity index is 1.20. The first-order chi connectivity index (χ1) is 15.0. The summed E-state index contributed by atoms with van der Waals surface area (Å²) in [6.07, 6.45) is 1.08. The van der Waals surface area contributed by atoms with E-state index in [1.54, 1.807) is 11.3 Å². The normalized spacial score (nSPS) is 21.5. The molecule has 1 fully saturated rings. The number of carbonyl (C=O) groups excluding carboxylic acids is 1. The molecule has 31 heavy (non-hydrogen) atoms. The third-order valence-corrected chi connectivity index (χ3v) is 6.72. The number of piperidine rings is 1. The van der Waals surface area contributed by atoms with Crippen LogP contribution in [0.3, 0.4) is 0 Å². The molecule has 8 heteroatoms. The maximum absolute atomic E-state index is 11.6. The number of anilines is 1. The number of ether oxygens (including phenoxy) is 1. The Morgan fingerprint density at radius 1 is 1.35 bits per heavy atom. The third-order valence-electron chi connectivity index (χ3n) is 5.87. The van der Waals surface area contributed by atoms with E-state index >= 15 is 0 Å².